The molecule has 0 radical (unpaired) electrons. The van der Waals surface area contributed by atoms with Crippen LogP contribution in [0.4, 0.5) is 0 Å². The standard InChI is InChI=1S/C23H15ClN2O2/c1-26-14-19(23(27)16-5-3-2-4-6-16)18-12-17(8-9-21(18)26)28-22-10-7-15(13-25)11-20(22)24/h2-12,14H,1H3. The zero-order valence-corrected chi connectivity index (χ0v) is 15.8. The predicted octanol–water partition coefficient (Wildman–Crippen LogP) is 5.73. The fraction of sp³-hybridized carbons (Fsp3) is 0.0435. The van der Waals surface area contributed by atoms with Crippen molar-refractivity contribution in [2.45, 2.75) is 0 Å². The molecule has 3 aromatic carbocycles. The molecular weight excluding hydrogens is 372 g/mol. The number of nitrogens with zero attached hydrogens (tertiary/aromatic N) is 2. The molecule has 1 aromatic heterocycles. The summed E-state index contributed by atoms with van der Waals surface area (Å²) >= 11 is 6.21. The monoisotopic (exact) mass is 386 g/mol. The zero-order chi connectivity index (χ0) is 19.7. The van der Waals surface area contributed by atoms with Crippen LogP contribution in [0, 0.1) is 11.3 Å². The molecule has 28 heavy (non-hydrogen) atoms. The summed E-state index contributed by atoms with van der Waals surface area (Å²) in [5.74, 6) is 0.971. The molecule has 4 aromatic rings. The van der Waals surface area contributed by atoms with Crippen LogP contribution in [0.25, 0.3) is 10.9 Å². The van der Waals surface area contributed by atoms with Crippen molar-refractivity contribution >= 4 is 28.3 Å². The van der Waals surface area contributed by atoms with Gasteiger partial charge in [0, 0.05) is 35.3 Å². The second-order valence-electron chi connectivity index (χ2n) is 6.39. The van der Waals surface area contributed by atoms with Crippen molar-refractivity contribution in [2.75, 3.05) is 0 Å². The Balaban J connectivity index is 1.75. The summed E-state index contributed by atoms with van der Waals surface area (Å²) in [6.45, 7) is 0. The molecule has 5 heteroatoms. The summed E-state index contributed by atoms with van der Waals surface area (Å²) in [6, 6.07) is 21.7. The second-order valence-corrected chi connectivity index (χ2v) is 6.79. The molecule has 1 heterocycles. The molecule has 0 atom stereocenters. The Kier molecular flexibility index (Phi) is 4.60. The van der Waals surface area contributed by atoms with E-state index in [-0.39, 0.29) is 5.78 Å². The number of hydrogen-bond donors (Lipinski definition) is 0. The smallest absolute Gasteiger partial charge is 0.195 e. The molecule has 0 amide bonds. The second kappa shape index (κ2) is 7.22. The zero-order valence-electron chi connectivity index (χ0n) is 15.0. The normalized spacial score (nSPS) is 10.6. The lowest BCUT2D eigenvalue weighted by Gasteiger charge is -2.08. The number of aryl methyl sites for hydroxylation is 1. The van der Waals surface area contributed by atoms with Gasteiger partial charge in [0.15, 0.2) is 5.78 Å². The Hall–Kier alpha value is -3.55. The van der Waals surface area contributed by atoms with Gasteiger partial charge in [-0.3, -0.25) is 4.79 Å². The number of nitriles is 1. The maximum absolute atomic E-state index is 13.0. The molecule has 0 saturated carbocycles. The molecule has 136 valence electrons. The van der Waals surface area contributed by atoms with E-state index in [9.17, 15) is 4.79 Å². The number of aromatic nitrogens is 1. The van der Waals surface area contributed by atoms with Crippen LogP contribution in [0.5, 0.6) is 11.5 Å². The summed E-state index contributed by atoms with van der Waals surface area (Å²) in [5, 5.41) is 10.1. The minimum Gasteiger partial charge on any atom is -0.456 e. The highest BCUT2D eigenvalue weighted by Crippen LogP contribution is 2.33. The lowest BCUT2D eigenvalue weighted by atomic mass is 10.0. The first-order valence-corrected chi connectivity index (χ1v) is 9.01. The van der Waals surface area contributed by atoms with Crippen LogP contribution < -0.4 is 4.74 Å². The number of halogens is 1. The first-order chi connectivity index (χ1) is 13.6. The van der Waals surface area contributed by atoms with Crippen LogP contribution in [0.1, 0.15) is 21.5 Å². The van der Waals surface area contributed by atoms with Crippen LogP contribution in [-0.4, -0.2) is 10.4 Å². The van der Waals surface area contributed by atoms with E-state index in [0.717, 1.165) is 10.9 Å². The Morgan fingerprint density at radius 1 is 1.07 bits per heavy atom. The van der Waals surface area contributed by atoms with Crippen molar-refractivity contribution in [3.05, 3.63) is 94.6 Å². The molecule has 4 nitrogen and oxygen atoms in total. The van der Waals surface area contributed by atoms with Crippen molar-refractivity contribution in [1.29, 1.82) is 5.26 Å². The third-order valence-electron chi connectivity index (χ3n) is 4.53. The average Bonchev–Trinajstić information content (AvgIpc) is 3.05. The van der Waals surface area contributed by atoms with Crippen LogP contribution in [0.2, 0.25) is 5.02 Å². The fourth-order valence-corrected chi connectivity index (χ4v) is 3.36. The van der Waals surface area contributed by atoms with Gasteiger partial charge in [0.25, 0.3) is 0 Å². The van der Waals surface area contributed by atoms with Crippen molar-refractivity contribution < 1.29 is 9.53 Å². The number of carbonyl (C=O) groups excluding carboxylic acids is 1. The number of benzene rings is 3. The van der Waals surface area contributed by atoms with Gasteiger partial charge in [-0.15, -0.1) is 0 Å². The van der Waals surface area contributed by atoms with Gasteiger partial charge in [-0.05, 0) is 36.4 Å². The molecule has 0 bridgehead atoms. The number of ether oxygens (including phenoxy) is 1. The number of fused-ring (bicyclic) bond motifs is 1. The molecule has 4 rings (SSSR count). The van der Waals surface area contributed by atoms with Crippen LogP contribution in [0.15, 0.2) is 72.9 Å². The average molecular weight is 387 g/mol. The highest BCUT2D eigenvalue weighted by Gasteiger charge is 2.16. The van der Waals surface area contributed by atoms with E-state index < -0.39 is 0 Å². The van der Waals surface area contributed by atoms with E-state index in [4.69, 9.17) is 21.6 Å². The van der Waals surface area contributed by atoms with E-state index in [1.165, 1.54) is 0 Å². The molecule has 0 aliphatic carbocycles. The van der Waals surface area contributed by atoms with E-state index in [0.29, 0.717) is 33.2 Å². The number of hydrogen-bond acceptors (Lipinski definition) is 3. The van der Waals surface area contributed by atoms with Gasteiger partial charge in [0.05, 0.1) is 16.7 Å². The van der Waals surface area contributed by atoms with Gasteiger partial charge in [-0.25, -0.2) is 0 Å². The SMILES string of the molecule is Cn1cc(C(=O)c2ccccc2)c2cc(Oc3ccc(C#N)cc3Cl)ccc21. The van der Waals surface area contributed by atoms with Crippen LogP contribution in [0.3, 0.4) is 0 Å². The van der Waals surface area contributed by atoms with Gasteiger partial charge in [0.1, 0.15) is 11.5 Å². The first-order valence-electron chi connectivity index (χ1n) is 8.63. The lowest BCUT2D eigenvalue weighted by Crippen LogP contribution is -2.00. The van der Waals surface area contributed by atoms with E-state index >= 15 is 0 Å². The summed E-state index contributed by atoms with van der Waals surface area (Å²) in [4.78, 5) is 13.0. The van der Waals surface area contributed by atoms with Crippen molar-refractivity contribution in [3.8, 4) is 17.6 Å². The fourth-order valence-electron chi connectivity index (χ4n) is 3.14. The van der Waals surface area contributed by atoms with E-state index in [1.807, 2.05) is 60.3 Å². The summed E-state index contributed by atoms with van der Waals surface area (Å²) < 4.78 is 7.83. The third-order valence-corrected chi connectivity index (χ3v) is 4.83. The topological polar surface area (TPSA) is 55.0 Å². The van der Waals surface area contributed by atoms with E-state index in [1.54, 1.807) is 30.3 Å². The highest BCUT2D eigenvalue weighted by molar-refractivity contribution is 6.32. The third kappa shape index (κ3) is 3.24. The van der Waals surface area contributed by atoms with Gasteiger partial charge in [-0.1, -0.05) is 41.9 Å². The summed E-state index contributed by atoms with van der Waals surface area (Å²) in [5.41, 5.74) is 2.64. The largest absolute Gasteiger partial charge is 0.456 e. The highest BCUT2D eigenvalue weighted by atomic mass is 35.5. The molecule has 0 aliphatic rings. The molecule has 0 aliphatic heterocycles. The number of carbonyl (C=O) groups is 1. The lowest BCUT2D eigenvalue weighted by molar-refractivity contribution is 0.104. The van der Waals surface area contributed by atoms with E-state index in [2.05, 4.69) is 0 Å². The summed E-state index contributed by atoms with van der Waals surface area (Å²) in [6.07, 6.45) is 1.83. The first kappa shape index (κ1) is 17.8. The molecule has 0 unspecified atom stereocenters. The maximum Gasteiger partial charge on any atom is 0.195 e. The molecule has 0 saturated heterocycles. The minimum absolute atomic E-state index is 0.0419. The van der Waals surface area contributed by atoms with Crippen molar-refractivity contribution in [1.82, 2.24) is 4.57 Å². The van der Waals surface area contributed by atoms with Crippen LogP contribution in [-0.2, 0) is 7.05 Å². The summed E-state index contributed by atoms with van der Waals surface area (Å²) in [7, 11) is 1.90. The Bertz CT molecular complexity index is 1240. The van der Waals surface area contributed by atoms with Gasteiger partial charge in [0.2, 0.25) is 0 Å². The Morgan fingerprint density at radius 3 is 2.57 bits per heavy atom. The Morgan fingerprint density at radius 2 is 1.86 bits per heavy atom. The van der Waals surface area contributed by atoms with Gasteiger partial charge >= 0.3 is 0 Å². The van der Waals surface area contributed by atoms with Gasteiger partial charge in [-0.2, -0.15) is 5.26 Å². The van der Waals surface area contributed by atoms with Gasteiger partial charge < -0.3 is 9.30 Å². The minimum atomic E-state index is -0.0419. The molecule has 0 fully saturated rings. The Labute approximate surface area is 167 Å². The number of rotatable bonds is 4. The van der Waals surface area contributed by atoms with Crippen molar-refractivity contribution in [3.63, 3.8) is 0 Å². The quantitative estimate of drug-likeness (QED) is 0.421. The maximum atomic E-state index is 13.0. The van der Waals surface area contributed by atoms with Crippen LogP contribution >= 0.6 is 11.6 Å². The number of ketones is 1. The van der Waals surface area contributed by atoms with Crippen molar-refractivity contribution in [2.24, 2.45) is 7.05 Å². The molecule has 0 N–H and O–H groups in total. The molecular formula is C23H15ClN2O2. The predicted molar refractivity (Wildman–Crippen MR) is 109 cm³/mol. The molecule has 0 spiro atoms.